The van der Waals surface area contributed by atoms with E-state index < -0.39 is 0 Å². The molecule has 0 radical (unpaired) electrons. The van der Waals surface area contributed by atoms with Gasteiger partial charge in [-0.15, -0.1) is 0 Å². The quantitative estimate of drug-likeness (QED) is 0.673. The van der Waals surface area contributed by atoms with Gasteiger partial charge in [-0.1, -0.05) is 23.7 Å². The van der Waals surface area contributed by atoms with Crippen LogP contribution in [0.3, 0.4) is 0 Å². The number of carbonyl (C=O) groups is 1. The minimum absolute atomic E-state index is 0.253. The number of hydrogen-bond donors (Lipinski definition) is 2. The average molecular weight is 382 g/mol. The fraction of sp³-hybridized carbons (Fsp3) is 0.150. The standard InChI is InChI=1S/C20H20ClN5O/c1-26(2)17-9-7-16(8-10-17)25-20(27)18-12-24-19(13-22-18)23-11-14-3-5-15(21)6-4-14/h3-10,12-13H,11H2,1-2H3,(H,23,24)(H,25,27). The average Bonchev–Trinajstić information content (AvgIpc) is 2.68. The van der Waals surface area contributed by atoms with E-state index >= 15 is 0 Å². The van der Waals surface area contributed by atoms with Crippen molar-refractivity contribution in [2.45, 2.75) is 6.54 Å². The summed E-state index contributed by atoms with van der Waals surface area (Å²) in [6.07, 6.45) is 2.99. The molecule has 2 aromatic carbocycles. The highest BCUT2D eigenvalue weighted by Gasteiger charge is 2.09. The molecule has 0 aliphatic rings. The van der Waals surface area contributed by atoms with E-state index in [2.05, 4.69) is 20.6 Å². The summed E-state index contributed by atoms with van der Waals surface area (Å²) in [5.41, 5.74) is 3.09. The van der Waals surface area contributed by atoms with Crippen molar-refractivity contribution in [3.63, 3.8) is 0 Å². The van der Waals surface area contributed by atoms with Crippen molar-refractivity contribution < 1.29 is 4.79 Å². The van der Waals surface area contributed by atoms with Crippen LogP contribution in [0.5, 0.6) is 0 Å². The van der Waals surface area contributed by atoms with Gasteiger partial charge in [0.15, 0.2) is 0 Å². The third-order valence-corrected chi connectivity index (χ3v) is 4.16. The molecule has 0 atom stereocenters. The third-order valence-electron chi connectivity index (χ3n) is 3.91. The van der Waals surface area contributed by atoms with Gasteiger partial charge < -0.3 is 15.5 Å². The molecule has 2 N–H and O–H groups in total. The van der Waals surface area contributed by atoms with E-state index in [1.807, 2.05) is 67.5 Å². The summed E-state index contributed by atoms with van der Waals surface area (Å²) in [6, 6.07) is 15.1. The van der Waals surface area contributed by atoms with Crippen LogP contribution in [0.15, 0.2) is 60.9 Å². The van der Waals surface area contributed by atoms with Crippen molar-refractivity contribution in [2.24, 2.45) is 0 Å². The number of carbonyl (C=O) groups excluding carboxylic acids is 1. The molecule has 0 saturated carbocycles. The van der Waals surface area contributed by atoms with Gasteiger partial charge in [-0.05, 0) is 42.0 Å². The number of amides is 1. The largest absolute Gasteiger partial charge is 0.378 e. The number of halogens is 1. The second kappa shape index (κ2) is 8.51. The molecule has 0 aliphatic heterocycles. The lowest BCUT2D eigenvalue weighted by Crippen LogP contribution is -2.15. The second-order valence-corrected chi connectivity index (χ2v) is 6.60. The predicted molar refractivity (Wildman–Crippen MR) is 110 cm³/mol. The molecule has 1 aromatic heterocycles. The van der Waals surface area contributed by atoms with E-state index in [0.717, 1.165) is 11.3 Å². The van der Waals surface area contributed by atoms with Crippen LogP contribution in [-0.2, 0) is 6.54 Å². The SMILES string of the molecule is CN(C)c1ccc(NC(=O)c2cnc(NCc3ccc(Cl)cc3)cn2)cc1. The minimum atomic E-state index is -0.302. The molecule has 1 heterocycles. The number of aromatic nitrogens is 2. The first-order chi connectivity index (χ1) is 13.0. The zero-order valence-corrected chi connectivity index (χ0v) is 15.9. The first-order valence-electron chi connectivity index (χ1n) is 8.40. The molecule has 1 amide bonds. The van der Waals surface area contributed by atoms with Crippen LogP contribution in [0.2, 0.25) is 5.02 Å². The third kappa shape index (κ3) is 5.18. The molecule has 27 heavy (non-hydrogen) atoms. The van der Waals surface area contributed by atoms with E-state index in [9.17, 15) is 4.79 Å². The van der Waals surface area contributed by atoms with Crippen LogP contribution < -0.4 is 15.5 Å². The molecular formula is C20H20ClN5O. The zero-order valence-electron chi connectivity index (χ0n) is 15.1. The van der Waals surface area contributed by atoms with Crippen LogP contribution in [0.4, 0.5) is 17.2 Å². The Morgan fingerprint density at radius 3 is 2.30 bits per heavy atom. The Morgan fingerprint density at radius 1 is 1.00 bits per heavy atom. The maximum absolute atomic E-state index is 12.3. The summed E-state index contributed by atoms with van der Waals surface area (Å²) < 4.78 is 0. The van der Waals surface area contributed by atoms with Crippen molar-refractivity contribution in [1.82, 2.24) is 9.97 Å². The molecule has 7 heteroatoms. The summed E-state index contributed by atoms with van der Waals surface area (Å²) in [4.78, 5) is 22.7. The Balaban J connectivity index is 1.57. The van der Waals surface area contributed by atoms with Gasteiger partial charge in [0.1, 0.15) is 11.5 Å². The van der Waals surface area contributed by atoms with Crippen molar-refractivity contribution in [3.8, 4) is 0 Å². The lowest BCUT2D eigenvalue weighted by atomic mass is 10.2. The normalized spacial score (nSPS) is 10.3. The maximum atomic E-state index is 12.3. The summed E-state index contributed by atoms with van der Waals surface area (Å²) >= 11 is 5.87. The van der Waals surface area contributed by atoms with Crippen LogP contribution in [0.25, 0.3) is 0 Å². The number of anilines is 3. The number of hydrogen-bond acceptors (Lipinski definition) is 5. The monoisotopic (exact) mass is 381 g/mol. The van der Waals surface area contributed by atoms with E-state index in [0.29, 0.717) is 23.1 Å². The van der Waals surface area contributed by atoms with Crippen LogP contribution >= 0.6 is 11.6 Å². The molecule has 0 fully saturated rings. The molecule has 6 nitrogen and oxygen atoms in total. The van der Waals surface area contributed by atoms with E-state index in [-0.39, 0.29) is 11.6 Å². The Bertz CT molecular complexity index is 893. The predicted octanol–water partition coefficient (Wildman–Crippen LogP) is 4.06. The van der Waals surface area contributed by atoms with Crippen molar-refractivity contribution in [3.05, 3.63) is 77.2 Å². The zero-order chi connectivity index (χ0) is 19.2. The molecule has 0 unspecified atom stereocenters. The topological polar surface area (TPSA) is 70.2 Å². The van der Waals surface area contributed by atoms with Gasteiger partial charge in [-0.2, -0.15) is 0 Å². The molecule has 0 saturated heterocycles. The highest BCUT2D eigenvalue weighted by atomic mass is 35.5. The molecule has 138 valence electrons. The van der Waals surface area contributed by atoms with E-state index in [1.165, 1.54) is 6.20 Å². The summed E-state index contributed by atoms with van der Waals surface area (Å²) in [6.45, 7) is 0.593. The Hall–Kier alpha value is -3.12. The smallest absolute Gasteiger partial charge is 0.275 e. The first-order valence-corrected chi connectivity index (χ1v) is 8.78. The van der Waals surface area contributed by atoms with Gasteiger partial charge in [0, 0.05) is 37.0 Å². The Kier molecular flexibility index (Phi) is 5.88. The van der Waals surface area contributed by atoms with Crippen LogP contribution in [0, 0.1) is 0 Å². The fourth-order valence-corrected chi connectivity index (χ4v) is 2.50. The first kappa shape index (κ1) is 18.7. The van der Waals surface area contributed by atoms with Gasteiger partial charge in [-0.25, -0.2) is 9.97 Å². The number of nitrogens with zero attached hydrogens (tertiary/aromatic N) is 3. The number of benzene rings is 2. The molecule has 0 bridgehead atoms. The van der Waals surface area contributed by atoms with Crippen molar-refractivity contribution >= 4 is 34.7 Å². The maximum Gasteiger partial charge on any atom is 0.275 e. The summed E-state index contributed by atoms with van der Waals surface area (Å²) in [5, 5.41) is 6.67. The van der Waals surface area contributed by atoms with Crippen LogP contribution in [0.1, 0.15) is 16.1 Å². The van der Waals surface area contributed by atoms with Gasteiger partial charge in [0.25, 0.3) is 5.91 Å². The fourth-order valence-electron chi connectivity index (χ4n) is 2.37. The lowest BCUT2D eigenvalue weighted by Gasteiger charge is -2.13. The van der Waals surface area contributed by atoms with Crippen molar-refractivity contribution in [1.29, 1.82) is 0 Å². The molecule has 0 aliphatic carbocycles. The summed E-state index contributed by atoms with van der Waals surface area (Å²) in [5.74, 6) is 0.293. The van der Waals surface area contributed by atoms with E-state index in [1.54, 1.807) is 6.20 Å². The van der Waals surface area contributed by atoms with Gasteiger partial charge in [0.05, 0.1) is 12.4 Å². The highest BCUT2D eigenvalue weighted by molar-refractivity contribution is 6.30. The second-order valence-electron chi connectivity index (χ2n) is 6.16. The number of nitrogens with one attached hydrogen (secondary N) is 2. The number of rotatable bonds is 6. The molecular weight excluding hydrogens is 362 g/mol. The highest BCUT2D eigenvalue weighted by Crippen LogP contribution is 2.16. The van der Waals surface area contributed by atoms with Gasteiger partial charge in [-0.3, -0.25) is 4.79 Å². The molecule has 3 aromatic rings. The molecule has 0 spiro atoms. The van der Waals surface area contributed by atoms with E-state index in [4.69, 9.17) is 11.6 Å². The van der Waals surface area contributed by atoms with Crippen LogP contribution in [-0.4, -0.2) is 30.0 Å². The van der Waals surface area contributed by atoms with Crippen molar-refractivity contribution in [2.75, 3.05) is 29.6 Å². The minimum Gasteiger partial charge on any atom is -0.378 e. The lowest BCUT2D eigenvalue weighted by molar-refractivity contribution is 0.102. The van der Waals surface area contributed by atoms with Gasteiger partial charge in [0.2, 0.25) is 0 Å². The Morgan fingerprint density at radius 2 is 1.70 bits per heavy atom. The molecule has 3 rings (SSSR count). The summed E-state index contributed by atoms with van der Waals surface area (Å²) in [7, 11) is 3.93. The Labute approximate surface area is 163 Å². The van der Waals surface area contributed by atoms with Gasteiger partial charge >= 0.3 is 0 Å².